The number of piperazine rings is 1. The summed E-state index contributed by atoms with van der Waals surface area (Å²) in [7, 11) is 4.22. The second kappa shape index (κ2) is 8.89. The van der Waals surface area contributed by atoms with Crippen molar-refractivity contribution in [2.45, 2.75) is 19.9 Å². The van der Waals surface area contributed by atoms with Gasteiger partial charge in [0.1, 0.15) is 0 Å². The van der Waals surface area contributed by atoms with E-state index in [-0.39, 0.29) is 6.03 Å². The number of benzene rings is 1. The summed E-state index contributed by atoms with van der Waals surface area (Å²) < 4.78 is 0. The third-order valence-corrected chi connectivity index (χ3v) is 4.27. The van der Waals surface area contributed by atoms with E-state index in [1.807, 2.05) is 11.0 Å². The van der Waals surface area contributed by atoms with E-state index in [0.29, 0.717) is 6.54 Å². The maximum absolute atomic E-state index is 12.3. The highest BCUT2D eigenvalue weighted by atomic mass is 16.2. The average molecular weight is 318 g/mol. The number of nitrogens with zero attached hydrogens (tertiary/aromatic N) is 3. The van der Waals surface area contributed by atoms with Gasteiger partial charge in [0.15, 0.2) is 0 Å². The molecule has 1 fully saturated rings. The number of amides is 2. The number of rotatable bonds is 6. The molecule has 0 saturated carbocycles. The Morgan fingerprint density at radius 3 is 2.61 bits per heavy atom. The van der Waals surface area contributed by atoms with Crippen molar-refractivity contribution in [3.63, 3.8) is 0 Å². The minimum atomic E-state index is 0.0550. The van der Waals surface area contributed by atoms with Crippen LogP contribution < -0.4 is 5.32 Å². The van der Waals surface area contributed by atoms with Crippen LogP contribution in [0.2, 0.25) is 0 Å². The van der Waals surface area contributed by atoms with Gasteiger partial charge in [0.25, 0.3) is 0 Å². The molecular weight excluding hydrogens is 288 g/mol. The second-order valence-electron chi connectivity index (χ2n) is 6.63. The molecule has 2 amide bonds. The van der Waals surface area contributed by atoms with Crippen LogP contribution in [0.15, 0.2) is 24.3 Å². The molecule has 1 aromatic rings. The van der Waals surface area contributed by atoms with E-state index < -0.39 is 0 Å². The molecule has 2 rings (SSSR count). The monoisotopic (exact) mass is 318 g/mol. The summed E-state index contributed by atoms with van der Waals surface area (Å²) in [4.78, 5) is 18.9. The first kappa shape index (κ1) is 17.8. The van der Waals surface area contributed by atoms with E-state index in [2.05, 4.69) is 54.3 Å². The Hall–Kier alpha value is -1.59. The highest BCUT2D eigenvalue weighted by molar-refractivity contribution is 5.74. The molecule has 0 unspecified atom stereocenters. The maximum atomic E-state index is 12.3. The molecular formula is C18H30N4O. The Morgan fingerprint density at radius 1 is 1.22 bits per heavy atom. The summed E-state index contributed by atoms with van der Waals surface area (Å²) in [6, 6.07) is 8.32. The molecule has 1 heterocycles. The molecule has 1 aromatic carbocycles. The van der Waals surface area contributed by atoms with Crippen molar-refractivity contribution < 1.29 is 4.79 Å². The van der Waals surface area contributed by atoms with E-state index in [0.717, 1.165) is 44.8 Å². The smallest absolute Gasteiger partial charge is 0.317 e. The molecule has 5 nitrogen and oxygen atoms in total. The van der Waals surface area contributed by atoms with Gasteiger partial charge in [-0.25, -0.2) is 4.79 Å². The van der Waals surface area contributed by atoms with E-state index in [9.17, 15) is 4.79 Å². The summed E-state index contributed by atoms with van der Waals surface area (Å²) >= 11 is 0. The lowest BCUT2D eigenvalue weighted by atomic mass is 10.1. The van der Waals surface area contributed by atoms with E-state index in [4.69, 9.17) is 0 Å². The SMILES string of the molecule is Cc1cccc(CNC(=O)N2CCN(CCCN(C)C)CC2)c1. The highest BCUT2D eigenvalue weighted by Crippen LogP contribution is 2.06. The van der Waals surface area contributed by atoms with Crippen molar-refractivity contribution in [3.05, 3.63) is 35.4 Å². The Morgan fingerprint density at radius 2 is 1.96 bits per heavy atom. The summed E-state index contributed by atoms with van der Waals surface area (Å²) in [5.41, 5.74) is 2.38. The molecule has 0 aliphatic carbocycles. The number of aryl methyl sites for hydroxylation is 1. The van der Waals surface area contributed by atoms with Crippen molar-refractivity contribution in [1.29, 1.82) is 0 Å². The minimum Gasteiger partial charge on any atom is -0.334 e. The van der Waals surface area contributed by atoms with Gasteiger partial charge < -0.3 is 15.1 Å². The van der Waals surface area contributed by atoms with E-state index >= 15 is 0 Å². The van der Waals surface area contributed by atoms with Crippen LogP contribution >= 0.6 is 0 Å². The van der Waals surface area contributed by atoms with Crippen LogP contribution in [0.25, 0.3) is 0 Å². The van der Waals surface area contributed by atoms with Crippen molar-refractivity contribution in [2.24, 2.45) is 0 Å². The third kappa shape index (κ3) is 6.20. The van der Waals surface area contributed by atoms with Gasteiger partial charge in [-0.05, 0) is 46.1 Å². The molecule has 128 valence electrons. The lowest BCUT2D eigenvalue weighted by Gasteiger charge is -2.34. The number of hydrogen-bond acceptors (Lipinski definition) is 3. The minimum absolute atomic E-state index is 0.0550. The average Bonchev–Trinajstić information content (AvgIpc) is 2.53. The quantitative estimate of drug-likeness (QED) is 0.869. The van der Waals surface area contributed by atoms with Crippen LogP contribution in [0.3, 0.4) is 0 Å². The Bertz CT molecular complexity index is 496. The van der Waals surface area contributed by atoms with Gasteiger partial charge in [0.2, 0.25) is 0 Å². The van der Waals surface area contributed by atoms with E-state index in [1.165, 1.54) is 12.0 Å². The predicted molar refractivity (Wildman–Crippen MR) is 94.6 cm³/mol. The first-order chi connectivity index (χ1) is 11.0. The number of carbonyl (C=O) groups excluding carboxylic acids is 1. The van der Waals surface area contributed by atoms with Crippen LogP contribution in [0, 0.1) is 6.92 Å². The molecule has 0 aromatic heterocycles. The summed E-state index contributed by atoms with van der Waals surface area (Å²) in [6.45, 7) is 8.51. The number of urea groups is 1. The zero-order valence-electron chi connectivity index (χ0n) is 14.7. The Balaban J connectivity index is 1.67. The van der Waals surface area contributed by atoms with Gasteiger partial charge in [-0.1, -0.05) is 29.8 Å². The summed E-state index contributed by atoms with van der Waals surface area (Å²) in [5.74, 6) is 0. The number of nitrogens with one attached hydrogen (secondary N) is 1. The molecule has 1 aliphatic heterocycles. The topological polar surface area (TPSA) is 38.8 Å². The van der Waals surface area contributed by atoms with Crippen molar-refractivity contribution >= 4 is 6.03 Å². The molecule has 5 heteroatoms. The summed E-state index contributed by atoms with van der Waals surface area (Å²) in [5, 5.41) is 3.03. The molecule has 1 saturated heterocycles. The third-order valence-electron chi connectivity index (χ3n) is 4.27. The van der Waals surface area contributed by atoms with Gasteiger partial charge in [0.05, 0.1) is 0 Å². The summed E-state index contributed by atoms with van der Waals surface area (Å²) in [6.07, 6.45) is 1.19. The Labute approximate surface area is 140 Å². The zero-order chi connectivity index (χ0) is 16.7. The largest absolute Gasteiger partial charge is 0.334 e. The van der Waals surface area contributed by atoms with Crippen LogP contribution in [0.4, 0.5) is 4.79 Å². The van der Waals surface area contributed by atoms with Gasteiger partial charge in [-0.15, -0.1) is 0 Å². The zero-order valence-corrected chi connectivity index (χ0v) is 14.7. The molecule has 0 radical (unpaired) electrons. The fraction of sp³-hybridized carbons (Fsp3) is 0.611. The first-order valence-corrected chi connectivity index (χ1v) is 8.50. The van der Waals surface area contributed by atoms with Crippen LogP contribution in [0.5, 0.6) is 0 Å². The first-order valence-electron chi connectivity index (χ1n) is 8.50. The van der Waals surface area contributed by atoms with Gasteiger partial charge >= 0.3 is 6.03 Å². The van der Waals surface area contributed by atoms with Crippen molar-refractivity contribution in [1.82, 2.24) is 20.0 Å². The maximum Gasteiger partial charge on any atom is 0.317 e. The molecule has 0 bridgehead atoms. The molecule has 1 N–H and O–H groups in total. The molecule has 23 heavy (non-hydrogen) atoms. The van der Waals surface area contributed by atoms with Gasteiger partial charge in [-0.2, -0.15) is 0 Å². The van der Waals surface area contributed by atoms with Crippen molar-refractivity contribution in [2.75, 3.05) is 53.4 Å². The van der Waals surface area contributed by atoms with E-state index in [1.54, 1.807) is 0 Å². The molecule has 1 aliphatic rings. The molecule has 0 spiro atoms. The standard InChI is InChI=1S/C18H30N4O/c1-16-6-4-7-17(14-16)15-19-18(23)22-12-10-21(11-13-22)9-5-8-20(2)3/h4,6-7,14H,5,8-13,15H2,1-3H3,(H,19,23). The highest BCUT2D eigenvalue weighted by Gasteiger charge is 2.20. The fourth-order valence-electron chi connectivity index (χ4n) is 2.90. The lowest BCUT2D eigenvalue weighted by Crippen LogP contribution is -2.51. The normalized spacial score (nSPS) is 15.9. The van der Waals surface area contributed by atoms with Gasteiger partial charge in [-0.3, -0.25) is 4.90 Å². The fourth-order valence-corrected chi connectivity index (χ4v) is 2.90. The van der Waals surface area contributed by atoms with Crippen molar-refractivity contribution in [3.8, 4) is 0 Å². The Kier molecular flexibility index (Phi) is 6.86. The number of hydrogen-bond donors (Lipinski definition) is 1. The van der Waals surface area contributed by atoms with Crippen LogP contribution in [-0.2, 0) is 6.54 Å². The number of carbonyl (C=O) groups is 1. The van der Waals surface area contributed by atoms with Crippen LogP contribution in [-0.4, -0.2) is 74.1 Å². The molecule has 0 atom stereocenters. The predicted octanol–water partition coefficient (Wildman–Crippen LogP) is 1.77. The second-order valence-corrected chi connectivity index (χ2v) is 6.63. The van der Waals surface area contributed by atoms with Gasteiger partial charge in [0, 0.05) is 32.7 Å². The van der Waals surface area contributed by atoms with Crippen LogP contribution in [0.1, 0.15) is 17.5 Å². The lowest BCUT2D eigenvalue weighted by molar-refractivity contribution is 0.136.